The minimum Gasteiger partial charge on any atom is -0.365 e. The first-order valence-corrected chi connectivity index (χ1v) is 12.1. The molecule has 3 heterocycles. The molecule has 5 rings (SSSR count). The summed E-state index contributed by atoms with van der Waals surface area (Å²) in [6.07, 6.45) is 9.13. The highest BCUT2D eigenvalue weighted by atomic mass is 16.5. The van der Waals surface area contributed by atoms with Gasteiger partial charge in [-0.3, -0.25) is 14.7 Å². The van der Waals surface area contributed by atoms with E-state index in [1.807, 2.05) is 4.90 Å². The standard InChI is InChI=1S/C23H35N5O3/c29-21-15-31-18(11-24-23(30)22-19-3-1-2-4-20(19)25-26-22)14-28(21)13-17-7-9-27(10-8-17)12-16-5-6-16/h16-18H,1-15H2,(H,24,30)(H,25,26). The monoisotopic (exact) mass is 429 g/mol. The van der Waals surface area contributed by atoms with Crippen LogP contribution in [0.4, 0.5) is 0 Å². The van der Waals surface area contributed by atoms with Gasteiger partial charge >= 0.3 is 0 Å². The van der Waals surface area contributed by atoms with Gasteiger partial charge in [0.15, 0.2) is 5.69 Å². The van der Waals surface area contributed by atoms with Gasteiger partial charge in [-0.2, -0.15) is 5.10 Å². The van der Waals surface area contributed by atoms with Gasteiger partial charge in [-0.1, -0.05) is 0 Å². The van der Waals surface area contributed by atoms with E-state index in [-0.39, 0.29) is 24.5 Å². The molecule has 1 unspecified atom stereocenters. The molecular formula is C23H35N5O3. The second-order valence-electron chi connectivity index (χ2n) is 9.87. The molecule has 170 valence electrons. The highest BCUT2D eigenvalue weighted by molar-refractivity contribution is 5.94. The minimum atomic E-state index is -0.161. The van der Waals surface area contributed by atoms with Crippen LogP contribution in [-0.2, 0) is 22.4 Å². The number of aromatic nitrogens is 2. The average molecular weight is 430 g/mol. The number of rotatable bonds is 7. The fourth-order valence-corrected chi connectivity index (χ4v) is 5.27. The second-order valence-corrected chi connectivity index (χ2v) is 9.87. The van der Waals surface area contributed by atoms with Crippen LogP contribution in [0.25, 0.3) is 0 Å². The Bertz CT molecular complexity index is 797. The zero-order chi connectivity index (χ0) is 21.2. The van der Waals surface area contributed by atoms with Crippen molar-refractivity contribution in [2.24, 2.45) is 11.8 Å². The number of ether oxygens (including phenoxy) is 1. The lowest BCUT2D eigenvalue weighted by Crippen LogP contribution is -2.52. The van der Waals surface area contributed by atoms with Gasteiger partial charge in [0.25, 0.3) is 5.91 Å². The fraction of sp³-hybridized carbons (Fsp3) is 0.783. The average Bonchev–Trinajstić information content (AvgIpc) is 3.50. The first-order chi connectivity index (χ1) is 15.2. The van der Waals surface area contributed by atoms with E-state index in [0.717, 1.165) is 62.5 Å². The number of aryl methyl sites for hydroxylation is 1. The number of amides is 2. The molecule has 1 saturated carbocycles. The largest absolute Gasteiger partial charge is 0.365 e. The van der Waals surface area contributed by atoms with Crippen LogP contribution in [0.5, 0.6) is 0 Å². The summed E-state index contributed by atoms with van der Waals surface area (Å²) in [4.78, 5) is 29.6. The zero-order valence-corrected chi connectivity index (χ0v) is 18.4. The minimum absolute atomic E-state index is 0.0735. The maximum Gasteiger partial charge on any atom is 0.272 e. The number of hydrogen-bond donors (Lipinski definition) is 2. The molecule has 3 fully saturated rings. The van der Waals surface area contributed by atoms with Gasteiger partial charge in [-0.05, 0) is 76.3 Å². The van der Waals surface area contributed by atoms with Crippen molar-refractivity contribution in [2.75, 3.05) is 45.9 Å². The lowest BCUT2D eigenvalue weighted by molar-refractivity contribution is -0.149. The lowest BCUT2D eigenvalue weighted by atomic mass is 9.95. The van der Waals surface area contributed by atoms with E-state index in [1.54, 1.807) is 0 Å². The molecule has 1 aromatic rings. The number of piperidine rings is 1. The van der Waals surface area contributed by atoms with Gasteiger partial charge in [0.05, 0.1) is 6.10 Å². The van der Waals surface area contributed by atoms with Gasteiger partial charge in [0.2, 0.25) is 5.91 Å². The van der Waals surface area contributed by atoms with Crippen molar-refractivity contribution in [3.05, 3.63) is 17.0 Å². The highest BCUT2D eigenvalue weighted by Gasteiger charge is 2.32. The summed E-state index contributed by atoms with van der Waals surface area (Å²) in [6, 6.07) is 0. The summed E-state index contributed by atoms with van der Waals surface area (Å²) in [6.45, 7) is 5.48. The van der Waals surface area contributed by atoms with Crippen LogP contribution >= 0.6 is 0 Å². The Labute approximate surface area is 184 Å². The van der Waals surface area contributed by atoms with Crippen LogP contribution in [0.2, 0.25) is 0 Å². The quantitative estimate of drug-likeness (QED) is 0.683. The molecular weight excluding hydrogens is 394 g/mol. The second kappa shape index (κ2) is 9.28. The number of H-pyrrole nitrogens is 1. The molecule has 2 N–H and O–H groups in total. The Balaban J connectivity index is 1.08. The Kier molecular flexibility index (Phi) is 6.27. The third-order valence-electron chi connectivity index (χ3n) is 7.38. The summed E-state index contributed by atoms with van der Waals surface area (Å²) in [5.74, 6) is 1.45. The Morgan fingerprint density at radius 1 is 1.10 bits per heavy atom. The number of fused-ring (bicyclic) bond motifs is 1. The van der Waals surface area contributed by atoms with Crippen LogP contribution in [0, 0.1) is 11.8 Å². The molecule has 2 aliphatic carbocycles. The van der Waals surface area contributed by atoms with Gasteiger partial charge in [-0.25, -0.2) is 0 Å². The first-order valence-electron chi connectivity index (χ1n) is 12.1. The smallest absolute Gasteiger partial charge is 0.272 e. The third-order valence-corrected chi connectivity index (χ3v) is 7.38. The molecule has 8 heteroatoms. The summed E-state index contributed by atoms with van der Waals surface area (Å²) in [7, 11) is 0. The van der Waals surface area contributed by atoms with E-state index in [1.165, 1.54) is 32.2 Å². The van der Waals surface area contributed by atoms with E-state index in [2.05, 4.69) is 20.4 Å². The summed E-state index contributed by atoms with van der Waals surface area (Å²) >= 11 is 0. The molecule has 0 radical (unpaired) electrons. The number of carbonyl (C=O) groups is 2. The van der Waals surface area contributed by atoms with Crippen molar-refractivity contribution in [3.8, 4) is 0 Å². The van der Waals surface area contributed by atoms with Crippen molar-refractivity contribution in [1.82, 2.24) is 25.3 Å². The van der Waals surface area contributed by atoms with Crippen molar-refractivity contribution < 1.29 is 14.3 Å². The van der Waals surface area contributed by atoms with Crippen molar-refractivity contribution in [2.45, 2.75) is 57.5 Å². The molecule has 1 atom stereocenters. The van der Waals surface area contributed by atoms with Gasteiger partial charge < -0.3 is 19.9 Å². The Morgan fingerprint density at radius 3 is 2.68 bits per heavy atom. The van der Waals surface area contributed by atoms with Crippen LogP contribution in [0.15, 0.2) is 0 Å². The van der Waals surface area contributed by atoms with E-state index in [0.29, 0.717) is 24.7 Å². The molecule has 31 heavy (non-hydrogen) atoms. The van der Waals surface area contributed by atoms with Crippen molar-refractivity contribution in [3.63, 3.8) is 0 Å². The van der Waals surface area contributed by atoms with Crippen LogP contribution < -0.4 is 5.32 Å². The van der Waals surface area contributed by atoms with E-state index >= 15 is 0 Å². The molecule has 2 amide bonds. The molecule has 0 aromatic carbocycles. The number of aromatic amines is 1. The number of nitrogens with one attached hydrogen (secondary N) is 2. The first kappa shape index (κ1) is 20.9. The number of nitrogens with zero attached hydrogens (tertiary/aromatic N) is 3. The third kappa shape index (κ3) is 5.12. The summed E-state index contributed by atoms with van der Waals surface area (Å²) < 4.78 is 5.72. The predicted molar refractivity (Wildman–Crippen MR) is 116 cm³/mol. The predicted octanol–water partition coefficient (Wildman–Crippen LogP) is 1.37. The molecule has 0 bridgehead atoms. The van der Waals surface area contributed by atoms with Gasteiger partial charge in [-0.15, -0.1) is 0 Å². The lowest BCUT2D eigenvalue weighted by Gasteiger charge is -2.38. The molecule has 2 aliphatic heterocycles. The van der Waals surface area contributed by atoms with Crippen LogP contribution in [0.3, 0.4) is 0 Å². The SMILES string of the molecule is O=C(NCC1CN(CC2CCN(CC3CC3)CC2)C(=O)CO1)c1n[nH]c2c1CCCC2. The highest BCUT2D eigenvalue weighted by Crippen LogP contribution is 2.31. The fourth-order valence-electron chi connectivity index (χ4n) is 5.27. The molecule has 0 spiro atoms. The zero-order valence-electron chi connectivity index (χ0n) is 18.4. The maximum atomic E-state index is 12.7. The molecule has 4 aliphatic rings. The Morgan fingerprint density at radius 2 is 1.87 bits per heavy atom. The van der Waals surface area contributed by atoms with Crippen LogP contribution in [-0.4, -0.2) is 83.8 Å². The van der Waals surface area contributed by atoms with Gasteiger partial charge in [0.1, 0.15) is 6.61 Å². The number of likely N-dealkylation sites (tertiary alicyclic amines) is 1. The molecule has 8 nitrogen and oxygen atoms in total. The Hall–Kier alpha value is -1.93. The summed E-state index contributed by atoms with van der Waals surface area (Å²) in [5.41, 5.74) is 2.69. The van der Waals surface area contributed by atoms with Crippen molar-refractivity contribution in [1.29, 1.82) is 0 Å². The number of morpholine rings is 1. The van der Waals surface area contributed by atoms with Crippen LogP contribution in [0.1, 0.15) is 60.3 Å². The van der Waals surface area contributed by atoms with Crippen molar-refractivity contribution >= 4 is 11.8 Å². The molecule has 2 saturated heterocycles. The van der Waals surface area contributed by atoms with E-state index in [4.69, 9.17) is 4.74 Å². The molecule has 1 aromatic heterocycles. The van der Waals surface area contributed by atoms with E-state index in [9.17, 15) is 9.59 Å². The normalized spacial score (nSPS) is 25.5. The van der Waals surface area contributed by atoms with Gasteiger partial charge in [0, 0.05) is 37.4 Å². The van der Waals surface area contributed by atoms with E-state index < -0.39 is 0 Å². The summed E-state index contributed by atoms with van der Waals surface area (Å²) in [5, 5.41) is 10.3. The topological polar surface area (TPSA) is 90.6 Å². The maximum absolute atomic E-state index is 12.7. The number of carbonyl (C=O) groups excluding carboxylic acids is 2. The number of hydrogen-bond acceptors (Lipinski definition) is 5.